The van der Waals surface area contributed by atoms with E-state index in [9.17, 15) is 4.79 Å². The second kappa shape index (κ2) is 9.23. The van der Waals surface area contributed by atoms with Gasteiger partial charge in [0.2, 0.25) is 5.91 Å². The molecule has 6 nitrogen and oxygen atoms in total. The fraction of sp³-hybridized carbons (Fsp3) is 0.190. The molecule has 1 heterocycles. The van der Waals surface area contributed by atoms with Gasteiger partial charge in [0.25, 0.3) is 0 Å². The molecular weight excluding hydrogens is 374 g/mol. The molecule has 1 N–H and O–H groups in total. The van der Waals surface area contributed by atoms with Gasteiger partial charge in [-0.2, -0.15) is 0 Å². The first-order valence-corrected chi connectivity index (χ1v) is 9.63. The smallest absolute Gasteiger partial charge is 0.234 e. The number of nitrogens with zero attached hydrogens (tertiary/aromatic N) is 2. The minimum Gasteiger partial charge on any atom is -0.497 e. The number of anilines is 1. The predicted octanol–water partition coefficient (Wildman–Crippen LogP) is 4.20. The Balaban J connectivity index is 1.63. The molecule has 0 saturated carbocycles. The maximum absolute atomic E-state index is 12.1. The van der Waals surface area contributed by atoms with E-state index < -0.39 is 0 Å². The molecule has 7 heteroatoms. The minimum atomic E-state index is -0.0887. The van der Waals surface area contributed by atoms with E-state index in [0.29, 0.717) is 22.2 Å². The van der Waals surface area contributed by atoms with Gasteiger partial charge in [0.15, 0.2) is 0 Å². The van der Waals surface area contributed by atoms with Crippen LogP contribution in [-0.2, 0) is 4.79 Å². The summed E-state index contributed by atoms with van der Waals surface area (Å²) in [5.74, 6) is 1.57. The van der Waals surface area contributed by atoms with Crippen molar-refractivity contribution in [2.24, 2.45) is 0 Å². The number of rotatable bonds is 7. The average molecular weight is 395 g/mol. The lowest BCUT2D eigenvalue weighted by Crippen LogP contribution is -2.14. The Morgan fingerprint density at radius 1 is 1.00 bits per heavy atom. The van der Waals surface area contributed by atoms with Gasteiger partial charge < -0.3 is 14.8 Å². The summed E-state index contributed by atoms with van der Waals surface area (Å²) in [7, 11) is 3.22. The van der Waals surface area contributed by atoms with Gasteiger partial charge in [0.1, 0.15) is 16.5 Å². The van der Waals surface area contributed by atoms with Gasteiger partial charge in [-0.15, -0.1) is 10.2 Å². The molecule has 0 radical (unpaired) electrons. The van der Waals surface area contributed by atoms with Crippen LogP contribution in [0.5, 0.6) is 11.5 Å². The quantitative estimate of drug-likeness (QED) is 0.605. The highest BCUT2D eigenvalue weighted by molar-refractivity contribution is 7.99. The van der Waals surface area contributed by atoms with Gasteiger partial charge in [-0.25, -0.2) is 0 Å². The van der Waals surface area contributed by atoms with Crippen LogP contribution in [0.15, 0.2) is 59.6 Å². The predicted molar refractivity (Wildman–Crippen MR) is 111 cm³/mol. The molecule has 0 unspecified atom stereocenters. The van der Waals surface area contributed by atoms with Crippen molar-refractivity contribution in [3.8, 4) is 22.8 Å². The molecule has 1 amide bonds. The van der Waals surface area contributed by atoms with Gasteiger partial charge in [0.05, 0.1) is 25.7 Å². The monoisotopic (exact) mass is 395 g/mol. The molecule has 3 rings (SSSR count). The van der Waals surface area contributed by atoms with Crippen LogP contribution in [-0.4, -0.2) is 36.1 Å². The van der Waals surface area contributed by atoms with Gasteiger partial charge in [-0.1, -0.05) is 29.5 Å². The fourth-order valence-electron chi connectivity index (χ4n) is 2.53. The third-order valence-corrected chi connectivity index (χ3v) is 4.93. The minimum absolute atomic E-state index is 0.0887. The van der Waals surface area contributed by atoms with Gasteiger partial charge in [0, 0.05) is 11.3 Å². The zero-order chi connectivity index (χ0) is 19.9. The van der Waals surface area contributed by atoms with Crippen LogP contribution in [0.1, 0.15) is 5.56 Å². The third kappa shape index (κ3) is 5.01. The van der Waals surface area contributed by atoms with Crippen molar-refractivity contribution in [2.75, 3.05) is 25.3 Å². The molecule has 0 saturated heterocycles. The van der Waals surface area contributed by atoms with E-state index in [1.165, 1.54) is 11.8 Å². The maximum atomic E-state index is 12.1. The summed E-state index contributed by atoms with van der Waals surface area (Å²) in [6, 6.07) is 16.9. The number of methoxy groups -OCH3 is 2. The molecule has 0 atom stereocenters. The largest absolute Gasteiger partial charge is 0.497 e. The second-order valence-corrected chi connectivity index (χ2v) is 7.02. The first-order valence-electron chi connectivity index (χ1n) is 8.64. The SMILES string of the molecule is COc1ccc(OC)c(-c2ccc(SCC(=O)Nc3ccc(C)cc3)nn2)c1. The molecule has 28 heavy (non-hydrogen) atoms. The Morgan fingerprint density at radius 2 is 1.79 bits per heavy atom. The van der Waals surface area contributed by atoms with E-state index in [1.54, 1.807) is 14.2 Å². The van der Waals surface area contributed by atoms with E-state index in [0.717, 1.165) is 16.8 Å². The van der Waals surface area contributed by atoms with Crippen molar-refractivity contribution in [3.05, 3.63) is 60.2 Å². The van der Waals surface area contributed by atoms with E-state index in [2.05, 4.69) is 15.5 Å². The third-order valence-electron chi connectivity index (χ3n) is 4.01. The Bertz CT molecular complexity index is 944. The summed E-state index contributed by atoms with van der Waals surface area (Å²) in [6.45, 7) is 2.00. The van der Waals surface area contributed by atoms with E-state index in [-0.39, 0.29) is 11.7 Å². The van der Waals surface area contributed by atoms with Crippen molar-refractivity contribution in [1.29, 1.82) is 0 Å². The fourth-order valence-corrected chi connectivity index (χ4v) is 3.14. The summed E-state index contributed by atoms with van der Waals surface area (Å²) in [6.07, 6.45) is 0. The summed E-state index contributed by atoms with van der Waals surface area (Å²) < 4.78 is 10.7. The first-order chi connectivity index (χ1) is 13.6. The molecule has 0 spiro atoms. The van der Waals surface area contributed by atoms with Crippen LogP contribution >= 0.6 is 11.8 Å². The van der Waals surface area contributed by atoms with Crippen LogP contribution in [0.25, 0.3) is 11.3 Å². The number of hydrogen-bond donors (Lipinski definition) is 1. The zero-order valence-electron chi connectivity index (χ0n) is 15.9. The van der Waals surface area contributed by atoms with Crippen molar-refractivity contribution in [1.82, 2.24) is 10.2 Å². The molecule has 0 aliphatic carbocycles. The first kappa shape index (κ1) is 19.7. The lowest BCUT2D eigenvalue weighted by Gasteiger charge is -2.10. The second-order valence-electron chi connectivity index (χ2n) is 6.03. The summed E-state index contributed by atoms with van der Waals surface area (Å²) in [4.78, 5) is 12.1. The van der Waals surface area contributed by atoms with Crippen molar-refractivity contribution in [2.45, 2.75) is 11.9 Å². The van der Waals surface area contributed by atoms with E-state index in [1.807, 2.05) is 61.5 Å². The Kier molecular flexibility index (Phi) is 6.49. The Hall–Kier alpha value is -3.06. The number of hydrogen-bond acceptors (Lipinski definition) is 6. The summed E-state index contributed by atoms with van der Waals surface area (Å²) in [5.41, 5.74) is 3.39. The summed E-state index contributed by atoms with van der Waals surface area (Å²) in [5, 5.41) is 12.0. The molecule has 0 aliphatic heterocycles. The number of ether oxygens (including phenoxy) is 2. The number of amides is 1. The zero-order valence-corrected chi connectivity index (χ0v) is 16.7. The van der Waals surface area contributed by atoms with Crippen LogP contribution in [0.2, 0.25) is 0 Å². The summed E-state index contributed by atoms with van der Waals surface area (Å²) >= 11 is 1.33. The lowest BCUT2D eigenvalue weighted by atomic mass is 10.1. The highest BCUT2D eigenvalue weighted by Gasteiger charge is 2.11. The number of thioether (sulfide) groups is 1. The topological polar surface area (TPSA) is 73.3 Å². The molecular formula is C21H21N3O3S. The van der Waals surface area contributed by atoms with Crippen molar-refractivity contribution in [3.63, 3.8) is 0 Å². The maximum Gasteiger partial charge on any atom is 0.234 e. The molecule has 144 valence electrons. The lowest BCUT2D eigenvalue weighted by molar-refractivity contribution is -0.113. The van der Waals surface area contributed by atoms with Crippen LogP contribution in [0.4, 0.5) is 5.69 Å². The normalized spacial score (nSPS) is 10.4. The Labute approximate surface area is 168 Å². The number of carbonyl (C=O) groups excluding carboxylic acids is 1. The van der Waals surface area contributed by atoms with Crippen LogP contribution in [0.3, 0.4) is 0 Å². The molecule has 0 aliphatic rings. The highest BCUT2D eigenvalue weighted by Crippen LogP contribution is 2.32. The number of nitrogens with one attached hydrogen (secondary N) is 1. The highest BCUT2D eigenvalue weighted by atomic mass is 32.2. The average Bonchev–Trinajstić information content (AvgIpc) is 2.74. The number of aryl methyl sites for hydroxylation is 1. The number of benzene rings is 2. The molecule has 0 bridgehead atoms. The van der Waals surface area contributed by atoms with E-state index in [4.69, 9.17) is 9.47 Å². The number of aromatic nitrogens is 2. The van der Waals surface area contributed by atoms with Gasteiger partial charge >= 0.3 is 0 Å². The molecule has 2 aromatic carbocycles. The van der Waals surface area contributed by atoms with Crippen LogP contribution in [0, 0.1) is 6.92 Å². The molecule has 3 aromatic rings. The van der Waals surface area contributed by atoms with Gasteiger partial charge in [-0.3, -0.25) is 4.79 Å². The van der Waals surface area contributed by atoms with Gasteiger partial charge in [-0.05, 0) is 49.4 Å². The Morgan fingerprint density at radius 3 is 2.43 bits per heavy atom. The number of carbonyl (C=O) groups is 1. The van der Waals surface area contributed by atoms with E-state index >= 15 is 0 Å². The van der Waals surface area contributed by atoms with Crippen molar-refractivity contribution >= 4 is 23.4 Å². The molecule has 1 aromatic heterocycles. The molecule has 0 fully saturated rings. The standard InChI is InChI=1S/C21H21N3O3S/c1-14-4-6-15(7-5-14)22-20(25)13-28-21-11-9-18(23-24-21)17-12-16(26-2)8-10-19(17)27-3/h4-12H,13H2,1-3H3,(H,22,25). The van der Waals surface area contributed by atoms with Crippen molar-refractivity contribution < 1.29 is 14.3 Å². The van der Waals surface area contributed by atoms with Crippen LogP contribution < -0.4 is 14.8 Å².